The van der Waals surface area contributed by atoms with Crippen LogP contribution in [0, 0.1) is 0 Å². The van der Waals surface area contributed by atoms with Gasteiger partial charge in [0.25, 0.3) is 0 Å². The van der Waals surface area contributed by atoms with Crippen LogP contribution in [0.3, 0.4) is 0 Å². The van der Waals surface area contributed by atoms with Crippen LogP contribution < -0.4 is 9.80 Å². The van der Waals surface area contributed by atoms with Crippen LogP contribution in [0.15, 0.2) is 178 Å². The van der Waals surface area contributed by atoms with Gasteiger partial charge in [0.15, 0.2) is 11.2 Å². The predicted octanol–water partition coefficient (Wildman–Crippen LogP) is 19.2. The van der Waals surface area contributed by atoms with Crippen LogP contribution in [0.2, 0.25) is 0 Å². The highest BCUT2D eigenvalue weighted by Crippen LogP contribution is 2.44. The Morgan fingerprint density at radius 1 is 0.348 bits per heavy atom. The number of hydrogen-bond donors (Lipinski definition) is 0. The van der Waals surface area contributed by atoms with E-state index in [4.69, 9.17) is 8.83 Å². The molecule has 9 aromatic carbocycles. The highest BCUT2D eigenvalue weighted by atomic mass is 16.4. The van der Waals surface area contributed by atoms with Gasteiger partial charge < -0.3 is 18.6 Å². The van der Waals surface area contributed by atoms with Crippen LogP contribution in [0.4, 0.5) is 34.1 Å². The Hall–Kier alpha value is -7.30. The third-order valence-electron chi connectivity index (χ3n) is 12.6. The largest absolute Gasteiger partial charge is 0.452 e. The first-order valence-electron chi connectivity index (χ1n) is 28.7. The minimum atomic E-state index is -0.467. The van der Waals surface area contributed by atoms with Crippen LogP contribution in [0.25, 0.3) is 65.4 Å². The van der Waals surface area contributed by atoms with Gasteiger partial charge in [-0.05, 0) is 176 Å². The summed E-state index contributed by atoms with van der Waals surface area (Å²) in [7, 11) is 0. The lowest BCUT2D eigenvalue weighted by molar-refractivity contribution is 0.634. The van der Waals surface area contributed by atoms with Crippen LogP contribution in [-0.4, -0.2) is 0 Å². The molecule has 0 aliphatic heterocycles. The molecular formula is C62H56N2O2. The highest BCUT2D eigenvalue weighted by Gasteiger charge is 2.21. The Labute approximate surface area is 404 Å². The molecule has 0 unspecified atom stereocenters. The number of benzene rings is 9. The molecule has 2 aromatic heterocycles. The first-order valence-corrected chi connectivity index (χ1v) is 22.7. The van der Waals surface area contributed by atoms with E-state index in [9.17, 15) is 16.4 Å². The molecule has 326 valence electrons. The second-order valence-corrected chi connectivity index (χ2v) is 18.4. The molecule has 0 saturated carbocycles. The minimum absolute atomic E-state index is 0.0131. The second kappa shape index (κ2) is 16.3. The number of anilines is 6. The van der Waals surface area contributed by atoms with Gasteiger partial charge in [-0.25, -0.2) is 0 Å². The molecule has 0 fully saturated rings. The fourth-order valence-electron chi connectivity index (χ4n) is 8.71. The van der Waals surface area contributed by atoms with Gasteiger partial charge in [0.1, 0.15) is 11.2 Å². The van der Waals surface area contributed by atoms with E-state index in [1.165, 1.54) is 0 Å². The summed E-state index contributed by atoms with van der Waals surface area (Å²) < 4.78 is 129. The van der Waals surface area contributed by atoms with Gasteiger partial charge in [-0.3, -0.25) is 0 Å². The molecule has 0 amide bonds. The molecule has 11 aromatic rings. The van der Waals surface area contributed by atoms with Crippen molar-refractivity contribution in [2.45, 2.75) is 79.1 Å². The molecule has 0 atom stereocenters. The van der Waals surface area contributed by atoms with Crippen molar-refractivity contribution in [1.29, 1.82) is 0 Å². The van der Waals surface area contributed by atoms with E-state index in [1.807, 2.05) is 97.1 Å². The van der Waals surface area contributed by atoms with Crippen molar-refractivity contribution < 1.29 is 25.3 Å². The standard InChI is InChI=1S/C62H56N2O2/c1-37(2)41-15-21-49(22-16-41)63(51-13-9-11-43(29-51)39(5)6)53-25-19-45-33-57-55-27-28-56-58-34-46-20-26-54(32-48(46)36-60(58)66-62(56)61(55)65-59(57)35-47(45)31-53)64(50-23-17-42(18-24-50)38(3)4)52-14-10-12-44(30-52)40(7)8/h9-40H,1-8H3/i19D,20D,25D,26D,27D,28D,31D,32D,33D,34D,35D,36D. The molecule has 11 rings (SSSR count). The number of nitrogens with zero attached hydrogens (tertiary/aromatic N) is 2. The zero-order chi connectivity index (χ0) is 55.8. The van der Waals surface area contributed by atoms with Crippen molar-refractivity contribution in [2.24, 2.45) is 0 Å². The Morgan fingerprint density at radius 3 is 1.12 bits per heavy atom. The SMILES string of the molecule is [2H]c1c(N(c2ccc(C(C)C)cc2)c2cccc(C(C)C)c2)c([2H])c2c([2H])c3oc4c5oc6c([2H])c7c([2H])c(N(c8ccc(C(C)C)cc8)c8cccc(C(C)C)c8)c([2H])c([2H])c7c([2H])c6c5c([2H])c([2H])c4c3c([2H])c2c1[2H]. The maximum atomic E-state index is 9.88. The fourth-order valence-corrected chi connectivity index (χ4v) is 8.71. The first kappa shape index (κ1) is 30.0. The number of furan rings is 2. The molecule has 0 radical (unpaired) electrons. The van der Waals surface area contributed by atoms with Crippen molar-refractivity contribution in [3.63, 3.8) is 0 Å². The van der Waals surface area contributed by atoms with Gasteiger partial charge in [-0.15, -0.1) is 0 Å². The van der Waals surface area contributed by atoms with E-state index in [0.29, 0.717) is 22.7 Å². The Kier molecular flexibility index (Phi) is 7.41. The topological polar surface area (TPSA) is 32.8 Å². The molecule has 4 nitrogen and oxygen atoms in total. The van der Waals surface area contributed by atoms with Crippen LogP contribution in [0.5, 0.6) is 0 Å². The van der Waals surface area contributed by atoms with Crippen LogP contribution >= 0.6 is 0 Å². The predicted molar refractivity (Wildman–Crippen MR) is 282 cm³/mol. The summed E-state index contributed by atoms with van der Waals surface area (Å²) in [6.45, 7) is 16.6. The van der Waals surface area contributed by atoms with Gasteiger partial charge in [0.05, 0.1) is 16.4 Å². The van der Waals surface area contributed by atoms with Gasteiger partial charge in [0, 0.05) is 55.7 Å². The van der Waals surface area contributed by atoms with Gasteiger partial charge >= 0.3 is 0 Å². The van der Waals surface area contributed by atoms with E-state index in [2.05, 4.69) is 55.4 Å². The molecule has 0 bridgehead atoms. The van der Waals surface area contributed by atoms with Crippen molar-refractivity contribution in [3.8, 4) is 0 Å². The molecule has 0 aliphatic carbocycles. The van der Waals surface area contributed by atoms with Crippen LogP contribution in [-0.2, 0) is 0 Å². The zero-order valence-electron chi connectivity index (χ0n) is 50.3. The number of fused-ring (bicyclic) bond motifs is 9. The molecule has 2 heterocycles. The summed E-state index contributed by atoms with van der Waals surface area (Å²) >= 11 is 0. The summed E-state index contributed by atoms with van der Waals surface area (Å²) in [4.78, 5) is 3.47. The normalized spacial score (nSPS) is 14.7. The molecule has 0 saturated heterocycles. The third-order valence-corrected chi connectivity index (χ3v) is 12.6. The summed E-state index contributed by atoms with van der Waals surface area (Å²) in [6, 6.07) is 26.3. The van der Waals surface area contributed by atoms with E-state index < -0.39 is 48.3 Å². The summed E-state index contributed by atoms with van der Waals surface area (Å²) in [5.74, 6) is 0.742. The zero-order valence-corrected chi connectivity index (χ0v) is 38.3. The van der Waals surface area contributed by atoms with Crippen molar-refractivity contribution >= 4 is 99.5 Å². The molecule has 66 heavy (non-hydrogen) atoms. The van der Waals surface area contributed by atoms with Gasteiger partial charge in [0.2, 0.25) is 0 Å². The lowest BCUT2D eigenvalue weighted by Gasteiger charge is -2.27. The Morgan fingerprint density at radius 2 is 0.742 bits per heavy atom. The molecule has 4 heteroatoms. The van der Waals surface area contributed by atoms with Crippen molar-refractivity contribution in [2.75, 3.05) is 9.80 Å². The molecular weight excluding hydrogens is 805 g/mol. The second-order valence-electron chi connectivity index (χ2n) is 18.4. The monoisotopic (exact) mass is 873 g/mol. The van der Waals surface area contributed by atoms with Crippen LogP contribution in [0.1, 0.15) is 118 Å². The maximum Gasteiger partial charge on any atom is 0.178 e. The molecule has 0 spiro atoms. The Bertz CT molecular complexity index is 4040. The molecule has 0 aliphatic rings. The highest BCUT2D eigenvalue weighted by molar-refractivity contribution is 6.21. The average molecular weight is 873 g/mol. The van der Waals surface area contributed by atoms with E-state index >= 15 is 0 Å². The van der Waals surface area contributed by atoms with Gasteiger partial charge in [-0.1, -0.05) is 116 Å². The quantitative estimate of drug-likeness (QED) is 0.137. The third kappa shape index (κ3) is 7.26. The van der Waals surface area contributed by atoms with E-state index in [-0.39, 0.29) is 125 Å². The number of hydrogen-bond acceptors (Lipinski definition) is 4. The van der Waals surface area contributed by atoms with E-state index in [0.717, 1.165) is 22.3 Å². The van der Waals surface area contributed by atoms with Crippen molar-refractivity contribution in [1.82, 2.24) is 0 Å². The summed E-state index contributed by atoms with van der Waals surface area (Å²) in [6.07, 6.45) is 0. The van der Waals surface area contributed by atoms with E-state index in [1.54, 1.807) is 9.80 Å². The fraction of sp³-hybridized carbons (Fsp3) is 0.194. The van der Waals surface area contributed by atoms with Crippen molar-refractivity contribution in [3.05, 3.63) is 192 Å². The maximum absolute atomic E-state index is 9.88. The lowest BCUT2D eigenvalue weighted by atomic mass is 10.00. The first-order chi connectivity index (χ1) is 37.0. The summed E-state index contributed by atoms with van der Waals surface area (Å²) in [5, 5.41) is -1.06. The Balaban J connectivity index is 1.18. The minimum Gasteiger partial charge on any atom is -0.452 e. The molecule has 0 N–H and O–H groups in total. The summed E-state index contributed by atoms with van der Waals surface area (Å²) in [5.41, 5.74) is 5.84. The van der Waals surface area contributed by atoms with Gasteiger partial charge in [-0.2, -0.15) is 0 Å². The number of rotatable bonds is 10. The average Bonchev–Trinajstić information content (AvgIpc) is 2.87. The lowest BCUT2D eigenvalue weighted by Crippen LogP contribution is -2.10. The smallest absolute Gasteiger partial charge is 0.178 e.